The first-order valence-corrected chi connectivity index (χ1v) is 10.2. The van der Waals surface area contributed by atoms with E-state index in [-0.39, 0.29) is 5.91 Å². The number of rotatable bonds is 5. The normalized spacial score (nSPS) is 14.1. The minimum Gasteiger partial charge on any atom is -0.378 e. The fourth-order valence-corrected chi connectivity index (χ4v) is 3.97. The predicted octanol–water partition coefficient (Wildman–Crippen LogP) is 3.94. The molecule has 0 saturated carbocycles. The van der Waals surface area contributed by atoms with E-state index in [0.29, 0.717) is 49.3 Å². The maximum atomic E-state index is 12.5. The number of thiazole rings is 1. The van der Waals surface area contributed by atoms with E-state index < -0.39 is 0 Å². The summed E-state index contributed by atoms with van der Waals surface area (Å²) in [6.07, 6.45) is 1.56. The van der Waals surface area contributed by atoms with Crippen molar-refractivity contribution < 1.29 is 9.53 Å². The van der Waals surface area contributed by atoms with Gasteiger partial charge in [0.15, 0.2) is 0 Å². The number of carbonyl (C=O) groups excluding carboxylic acids is 1. The second kappa shape index (κ2) is 8.68. The van der Waals surface area contributed by atoms with E-state index in [1.807, 2.05) is 35.7 Å². The van der Waals surface area contributed by atoms with Crippen molar-refractivity contribution in [2.45, 2.75) is 6.54 Å². The molecule has 8 heteroatoms. The second-order valence-corrected chi connectivity index (χ2v) is 7.59. The van der Waals surface area contributed by atoms with E-state index in [9.17, 15) is 4.79 Å². The van der Waals surface area contributed by atoms with Crippen molar-refractivity contribution in [3.05, 3.63) is 64.3 Å². The van der Waals surface area contributed by atoms with E-state index in [0.717, 1.165) is 16.3 Å². The molecule has 3 heterocycles. The lowest BCUT2D eigenvalue weighted by atomic mass is 10.2. The fourth-order valence-electron chi connectivity index (χ4n) is 2.91. The maximum Gasteiger partial charge on any atom is 0.255 e. The molecule has 3 aromatic rings. The lowest BCUT2D eigenvalue weighted by molar-refractivity contribution is 0.0302. The molecule has 1 saturated heterocycles. The summed E-state index contributed by atoms with van der Waals surface area (Å²) in [5, 5.41) is 6.60. The number of carbonyl (C=O) groups is 1. The Balaban J connectivity index is 1.40. The lowest BCUT2D eigenvalue weighted by Gasteiger charge is -2.26. The van der Waals surface area contributed by atoms with Crippen molar-refractivity contribution in [3.63, 3.8) is 0 Å². The van der Waals surface area contributed by atoms with Crippen LogP contribution in [0, 0.1) is 0 Å². The number of ether oxygens (including phenoxy) is 1. The summed E-state index contributed by atoms with van der Waals surface area (Å²) in [7, 11) is 0. The zero-order valence-corrected chi connectivity index (χ0v) is 16.7. The SMILES string of the molecule is O=C(c1cnc(NCc2csc(-c3ccccc3)n2)c(Cl)c1)N1CCOCC1. The Labute approximate surface area is 172 Å². The van der Waals surface area contributed by atoms with Gasteiger partial charge in [-0.3, -0.25) is 4.79 Å². The van der Waals surface area contributed by atoms with Gasteiger partial charge in [0, 0.05) is 30.2 Å². The van der Waals surface area contributed by atoms with E-state index in [2.05, 4.69) is 15.3 Å². The number of pyridine rings is 1. The van der Waals surface area contributed by atoms with Crippen LogP contribution in [0.15, 0.2) is 48.0 Å². The van der Waals surface area contributed by atoms with Gasteiger partial charge in [0.25, 0.3) is 5.91 Å². The average Bonchev–Trinajstić information content (AvgIpc) is 3.23. The Hall–Kier alpha value is -2.48. The molecular weight excluding hydrogens is 396 g/mol. The van der Waals surface area contributed by atoms with Crippen molar-refractivity contribution >= 4 is 34.7 Å². The number of anilines is 1. The molecule has 0 radical (unpaired) electrons. The molecule has 2 aromatic heterocycles. The molecule has 144 valence electrons. The predicted molar refractivity (Wildman–Crippen MR) is 111 cm³/mol. The molecule has 1 aliphatic rings. The van der Waals surface area contributed by atoms with Gasteiger partial charge in [-0.05, 0) is 6.07 Å². The first-order valence-electron chi connectivity index (χ1n) is 8.97. The number of nitrogens with one attached hydrogen (secondary N) is 1. The number of amides is 1. The van der Waals surface area contributed by atoms with Gasteiger partial charge in [0.1, 0.15) is 10.8 Å². The van der Waals surface area contributed by atoms with Gasteiger partial charge in [0.05, 0.1) is 36.0 Å². The average molecular weight is 415 g/mol. The largest absolute Gasteiger partial charge is 0.378 e. The summed E-state index contributed by atoms with van der Waals surface area (Å²) < 4.78 is 5.28. The number of benzene rings is 1. The molecular formula is C20H19ClN4O2S. The molecule has 1 amide bonds. The third-order valence-electron chi connectivity index (χ3n) is 4.40. The quantitative estimate of drug-likeness (QED) is 0.684. The van der Waals surface area contributed by atoms with Gasteiger partial charge in [-0.15, -0.1) is 11.3 Å². The molecule has 28 heavy (non-hydrogen) atoms. The highest BCUT2D eigenvalue weighted by atomic mass is 35.5. The molecule has 0 bridgehead atoms. The van der Waals surface area contributed by atoms with E-state index in [4.69, 9.17) is 16.3 Å². The number of aromatic nitrogens is 2. The number of hydrogen-bond donors (Lipinski definition) is 1. The molecule has 0 spiro atoms. The topological polar surface area (TPSA) is 67.4 Å². The third kappa shape index (κ3) is 4.32. The maximum absolute atomic E-state index is 12.5. The highest BCUT2D eigenvalue weighted by Crippen LogP contribution is 2.25. The van der Waals surface area contributed by atoms with Crippen LogP contribution in [0.2, 0.25) is 5.02 Å². The Bertz CT molecular complexity index is 958. The highest BCUT2D eigenvalue weighted by molar-refractivity contribution is 7.13. The van der Waals surface area contributed by atoms with Crippen LogP contribution in [0.25, 0.3) is 10.6 Å². The minimum absolute atomic E-state index is 0.0729. The third-order valence-corrected chi connectivity index (χ3v) is 5.62. The molecule has 1 fully saturated rings. The van der Waals surface area contributed by atoms with E-state index >= 15 is 0 Å². The summed E-state index contributed by atoms with van der Waals surface area (Å²) in [5.41, 5.74) is 2.49. The van der Waals surface area contributed by atoms with Crippen molar-refractivity contribution in [2.24, 2.45) is 0 Å². The zero-order chi connectivity index (χ0) is 19.3. The van der Waals surface area contributed by atoms with Crippen LogP contribution in [-0.4, -0.2) is 47.1 Å². The summed E-state index contributed by atoms with van der Waals surface area (Å²) in [6, 6.07) is 11.7. The monoisotopic (exact) mass is 414 g/mol. The van der Waals surface area contributed by atoms with Gasteiger partial charge in [-0.1, -0.05) is 41.9 Å². The molecule has 0 aliphatic carbocycles. The van der Waals surface area contributed by atoms with Crippen molar-refractivity contribution in [2.75, 3.05) is 31.6 Å². The Morgan fingerprint density at radius 1 is 1.25 bits per heavy atom. The number of hydrogen-bond acceptors (Lipinski definition) is 6. The van der Waals surface area contributed by atoms with Crippen LogP contribution in [0.1, 0.15) is 16.1 Å². The van der Waals surface area contributed by atoms with Crippen LogP contribution >= 0.6 is 22.9 Å². The smallest absolute Gasteiger partial charge is 0.255 e. The molecule has 6 nitrogen and oxygen atoms in total. The summed E-state index contributed by atoms with van der Waals surface area (Å²) >= 11 is 7.94. The fraction of sp³-hybridized carbons (Fsp3) is 0.250. The van der Waals surface area contributed by atoms with Crippen LogP contribution in [0.4, 0.5) is 5.82 Å². The highest BCUT2D eigenvalue weighted by Gasteiger charge is 2.19. The van der Waals surface area contributed by atoms with E-state index in [1.165, 1.54) is 0 Å². The lowest BCUT2D eigenvalue weighted by Crippen LogP contribution is -2.40. The standard InChI is InChI=1S/C20H19ClN4O2S/c21-17-10-15(20(26)25-6-8-27-9-7-25)11-22-18(17)23-12-16-13-28-19(24-16)14-4-2-1-3-5-14/h1-5,10-11,13H,6-9,12H2,(H,22,23). The molecule has 0 unspecified atom stereocenters. The van der Waals surface area contributed by atoms with Crippen LogP contribution < -0.4 is 5.32 Å². The van der Waals surface area contributed by atoms with Gasteiger partial charge in [-0.2, -0.15) is 0 Å². The van der Waals surface area contributed by atoms with Crippen LogP contribution in [0.3, 0.4) is 0 Å². The Morgan fingerprint density at radius 2 is 2.04 bits per heavy atom. The number of morpholine rings is 1. The van der Waals surface area contributed by atoms with Gasteiger partial charge >= 0.3 is 0 Å². The zero-order valence-electron chi connectivity index (χ0n) is 15.1. The van der Waals surface area contributed by atoms with Crippen LogP contribution in [0.5, 0.6) is 0 Å². The van der Waals surface area contributed by atoms with E-state index in [1.54, 1.807) is 28.5 Å². The van der Waals surface area contributed by atoms with Gasteiger partial charge in [-0.25, -0.2) is 9.97 Å². The summed E-state index contributed by atoms with van der Waals surface area (Å²) in [6.45, 7) is 2.80. The second-order valence-electron chi connectivity index (χ2n) is 6.32. The number of halogens is 1. The molecule has 1 aliphatic heterocycles. The van der Waals surface area contributed by atoms with Gasteiger partial charge in [0.2, 0.25) is 0 Å². The molecule has 0 atom stereocenters. The van der Waals surface area contributed by atoms with Crippen molar-refractivity contribution in [3.8, 4) is 10.6 Å². The van der Waals surface area contributed by atoms with Crippen LogP contribution in [-0.2, 0) is 11.3 Å². The summed E-state index contributed by atoms with van der Waals surface area (Å²) in [4.78, 5) is 23.2. The molecule has 1 N–H and O–H groups in total. The first-order chi connectivity index (χ1) is 13.7. The van der Waals surface area contributed by atoms with Crippen molar-refractivity contribution in [1.82, 2.24) is 14.9 Å². The van der Waals surface area contributed by atoms with Gasteiger partial charge < -0.3 is 15.0 Å². The molecule has 1 aromatic carbocycles. The minimum atomic E-state index is -0.0729. The molecule has 4 rings (SSSR count). The van der Waals surface area contributed by atoms with Crippen molar-refractivity contribution in [1.29, 1.82) is 0 Å². The Morgan fingerprint density at radius 3 is 2.79 bits per heavy atom. The number of nitrogens with zero attached hydrogens (tertiary/aromatic N) is 3. The summed E-state index contributed by atoms with van der Waals surface area (Å²) in [5.74, 6) is 0.464. The Kier molecular flexibility index (Phi) is 5.85. The first kappa shape index (κ1) is 18.9.